The Bertz CT molecular complexity index is 705. The third kappa shape index (κ3) is 2.78. The van der Waals surface area contributed by atoms with Crippen LogP contribution in [0.15, 0.2) is 42.6 Å². The molecule has 3 rings (SSSR count). The van der Waals surface area contributed by atoms with E-state index in [1.165, 1.54) is 22.4 Å². The molecule has 0 spiro atoms. The second-order valence-electron chi connectivity index (χ2n) is 5.67. The summed E-state index contributed by atoms with van der Waals surface area (Å²) in [5.74, 6) is 0. The van der Waals surface area contributed by atoms with E-state index in [9.17, 15) is 0 Å². The molecule has 0 aliphatic carbocycles. The van der Waals surface area contributed by atoms with Crippen molar-refractivity contribution in [3.05, 3.63) is 59.4 Å². The van der Waals surface area contributed by atoms with E-state index in [2.05, 4.69) is 72.4 Å². The summed E-state index contributed by atoms with van der Waals surface area (Å²) in [5, 5.41) is 0. The van der Waals surface area contributed by atoms with Gasteiger partial charge in [0.05, 0.1) is 5.69 Å². The molecule has 0 bridgehead atoms. The van der Waals surface area contributed by atoms with Crippen molar-refractivity contribution in [2.45, 2.75) is 6.42 Å². The summed E-state index contributed by atoms with van der Waals surface area (Å²) in [6, 6.07) is 10.4. The molecule has 0 fully saturated rings. The highest BCUT2D eigenvalue weighted by molar-refractivity contribution is 5.88. The molecule has 3 heteroatoms. The number of fused-ring (bicyclic) bond motifs is 2. The Labute approximate surface area is 126 Å². The van der Waals surface area contributed by atoms with Crippen LogP contribution in [0, 0.1) is 0 Å². The highest BCUT2D eigenvalue weighted by Gasteiger charge is 2.14. The van der Waals surface area contributed by atoms with Gasteiger partial charge in [-0.1, -0.05) is 12.1 Å². The Morgan fingerprint density at radius 2 is 2.10 bits per heavy atom. The Kier molecular flexibility index (Phi) is 3.67. The zero-order valence-corrected chi connectivity index (χ0v) is 12.6. The lowest BCUT2D eigenvalue weighted by Crippen LogP contribution is -2.12. The van der Waals surface area contributed by atoms with Gasteiger partial charge in [-0.05, 0) is 62.0 Å². The third-order valence-electron chi connectivity index (χ3n) is 3.76. The minimum Gasteiger partial charge on any atom is -0.399 e. The monoisotopic (exact) mass is 279 g/mol. The zero-order chi connectivity index (χ0) is 14.8. The first-order valence-electron chi connectivity index (χ1n) is 7.25. The molecular weight excluding hydrogens is 258 g/mol. The van der Waals surface area contributed by atoms with Crippen molar-refractivity contribution in [1.82, 2.24) is 9.47 Å². The molecule has 1 aromatic heterocycles. The van der Waals surface area contributed by atoms with Crippen LogP contribution in [-0.4, -0.2) is 30.1 Å². The Balaban J connectivity index is 2.09. The summed E-state index contributed by atoms with van der Waals surface area (Å²) in [6.07, 6.45) is 9.67. The summed E-state index contributed by atoms with van der Waals surface area (Å²) in [6.45, 7) is 1.04. The average molecular weight is 279 g/mol. The Morgan fingerprint density at radius 1 is 1.24 bits per heavy atom. The van der Waals surface area contributed by atoms with Gasteiger partial charge in [0.1, 0.15) is 0 Å². The maximum atomic E-state index is 6.00. The lowest BCUT2D eigenvalue weighted by molar-refractivity contribution is 0.417. The highest BCUT2D eigenvalue weighted by atomic mass is 15.0. The van der Waals surface area contributed by atoms with Crippen LogP contribution in [0.5, 0.6) is 0 Å². The van der Waals surface area contributed by atoms with E-state index in [1.807, 2.05) is 6.07 Å². The Hall–Kier alpha value is -2.26. The molecule has 1 aliphatic heterocycles. The molecule has 2 heterocycles. The summed E-state index contributed by atoms with van der Waals surface area (Å²) < 4.78 is 2.16. The van der Waals surface area contributed by atoms with Crippen LogP contribution in [0.2, 0.25) is 0 Å². The van der Waals surface area contributed by atoms with Crippen molar-refractivity contribution in [1.29, 1.82) is 0 Å². The van der Waals surface area contributed by atoms with Crippen LogP contribution in [0.3, 0.4) is 0 Å². The third-order valence-corrected chi connectivity index (χ3v) is 3.76. The van der Waals surface area contributed by atoms with Crippen LogP contribution in [0.1, 0.15) is 23.2 Å². The summed E-state index contributed by atoms with van der Waals surface area (Å²) >= 11 is 0. The molecule has 0 unspecified atom stereocenters. The summed E-state index contributed by atoms with van der Waals surface area (Å²) in [7, 11) is 4.20. The number of hydrogen-bond acceptors (Lipinski definition) is 2. The lowest BCUT2D eigenvalue weighted by atomic mass is 9.96. The first-order chi connectivity index (χ1) is 10.1. The number of rotatable bonds is 3. The van der Waals surface area contributed by atoms with Crippen molar-refractivity contribution < 1.29 is 0 Å². The van der Waals surface area contributed by atoms with Crippen LogP contribution in [0.4, 0.5) is 5.69 Å². The standard InChI is InChI=1S/C18H21N3/c1-20(2)10-3-5-16-17-13-15(19)8-7-14(17)9-12-21-11-4-6-18(16)21/h4-9,11-13H,3,10,19H2,1-2H3. The molecule has 0 saturated carbocycles. The van der Waals surface area contributed by atoms with Gasteiger partial charge < -0.3 is 15.2 Å². The highest BCUT2D eigenvalue weighted by Crippen LogP contribution is 2.32. The van der Waals surface area contributed by atoms with E-state index in [-0.39, 0.29) is 0 Å². The van der Waals surface area contributed by atoms with Gasteiger partial charge in [-0.2, -0.15) is 0 Å². The molecule has 1 aliphatic rings. The molecule has 0 atom stereocenters. The fourth-order valence-corrected chi connectivity index (χ4v) is 2.68. The lowest BCUT2D eigenvalue weighted by Gasteiger charge is -2.12. The van der Waals surface area contributed by atoms with E-state index in [4.69, 9.17) is 5.73 Å². The van der Waals surface area contributed by atoms with Gasteiger partial charge in [-0.15, -0.1) is 0 Å². The van der Waals surface area contributed by atoms with E-state index in [1.54, 1.807) is 0 Å². The molecule has 3 nitrogen and oxygen atoms in total. The van der Waals surface area contributed by atoms with E-state index in [0.717, 1.165) is 18.7 Å². The summed E-state index contributed by atoms with van der Waals surface area (Å²) in [5.41, 5.74) is 11.7. The van der Waals surface area contributed by atoms with Gasteiger partial charge in [-0.3, -0.25) is 0 Å². The molecule has 2 N–H and O–H groups in total. The fraction of sp³-hybridized carbons (Fsp3) is 0.222. The molecule has 108 valence electrons. The van der Waals surface area contributed by atoms with Crippen molar-refractivity contribution in [3.8, 4) is 0 Å². The fourth-order valence-electron chi connectivity index (χ4n) is 2.68. The smallest absolute Gasteiger partial charge is 0.0525 e. The maximum absolute atomic E-state index is 6.00. The SMILES string of the molecule is CN(C)CCC=C1c2cc(N)ccc2C=Cn2cccc21. The van der Waals surface area contributed by atoms with Crippen molar-refractivity contribution >= 4 is 23.5 Å². The maximum Gasteiger partial charge on any atom is 0.0525 e. The molecule has 0 saturated heterocycles. The molecule has 21 heavy (non-hydrogen) atoms. The average Bonchev–Trinajstić information content (AvgIpc) is 2.85. The largest absolute Gasteiger partial charge is 0.399 e. The van der Waals surface area contributed by atoms with Gasteiger partial charge >= 0.3 is 0 Å². The molecule has 1 aromatic carbocycles. The minimum absolute atomic E-state index is 0.806. The number of nitrogens with two attached hydrogens (primary N) is 1. The van der Waals surface area contributed by atoms with E-state index in [0.29, 0.717) is 0 Å². The number of nitrogens with zero attached hydrogens (tertiary/aromatic N) is 2. The second kappa shape index (κ2) is 5.62. The van der Waals surface area contributed by atoms with Crippen LogP contribution < -0.4 is 5.73 Å². The molecule has 0 radical (unpaired) electrons. The predicted octanol–water partition coefficient (Wildman–Crippen LogP) is 3.40. The van der Waals surface area contributed by atoms with Gasteiger partial charge in [0, 0.05) is 30.2 Å². The quantitative estimate of drug-likeness (QED) is 0.746. The van der Waals surface area contributed by atoms with Gasteiger partial charge in [0.2, 0.25) is 0 Å². The summed E-state index contributed by atoms with van der Waals surface area (Å²) in [4.78, 5) is 2.20. The molecule has 0 amide bonds. The minimum atomic E-state index is 0.806. The van der Waals surface area contributed by atoms with Crippen molar-refractivity contribution in [3.63, 3.8) is 0 Å². The number of aromatic nitrogens is 1. The van der Waals surface area contributed by atoms with Crippen molar-refractivity contribution in [2.75, 3.05) is 26.4 Å². The first-order valence-corrected chi connectivity index (χ1v) is 7.25. The molecular formula is C18H21N3. The van der Waals surface area contributed by atoms with Gasteiger partial charge in [0.15, 0.2) is 0 Å². The van der Waals surface area contributed by atoms with Crippen LogP contribution in [0.25, 0.3) is 17.8 Å². The van der Waals surface area contributed by atoms with Crippen LogP contribution >= 0.6 is 0 Å². The van der Waals surface area contributed by atoms with Gasteiger partial charge in [-0.25, -0.2) is 0 Å². The van der Waals surface area contributed by atoms with Crippen molar-refractivity contribution in [2.24, 2.45) is 0 Å². The van der Waals surface area contributed by atoms with E-state index >= 15 is 0 Å². The number of hydrogen-bond donors (Lipinski definition) is 1. The van der Waals surface area contributed by atoms with Crippen LogP contribution in [-0.2, 0) is 0 Å². The Morgan fingerprint density at radius 3 is 2.90 bits per heavy atom. The zero-order valence-electron chi connectivity index (χ0n) is 12.6. The topological polar surface area (TPSA) is 34.2 Å². The number of nitrogen functional groups attached to an aromatic ring is 1. The molecule has 2 aromatic rings. The number of anilines is 1. The predicted molar refractivity (Wildman–Crippen MR) is 90.8 cm³/mol. The first kappa shape index (κ1) is 13.7. The van der Waals surface area contributed by atoms with Gasteiger partial charge in [0.25, 0.3) is 0 Å². The van der Waals surface area contributed by atoms with E-state index < -0.39 is 0 Å². The second-order valence-corrected chi connectivity index (χ2v) is 5.67. The normalized spacial score (nSPS) is 15.1. The number of benzene rings is 1.